The molecule has 0 bridgehead atoms. The topological polar surface area (TPSA) is 26.0 Å². The molecule has 0 aliphatic rings. The summed E-state index contributed by atoms with van der Waals surface area (Å²) >= 11 is 0. The lowest BCUT2D eigenvalue weighted by Gasteiger charge is -2.18. The Balaban J connectivity index is 3.25. The fourth-order valence-electron chi connectivity index (χ4n) is 2.09. The van der Waals surface area contributed by atoms with Crippen molar-refractivity contribution in [2.24, 2.45) is 17.6 Å². The molecular formula is C13H29N. The standard InChI is InChI=1S/C13H29N/c1-4-13(12(2)3)10-8-6-5-7-9-11-14/h12-13H,4-11,14H2,1-3H3. The van der Waals surface area contributed by atoms with Crippen molar-refractivity contribution in [3.05, 3.63) is 0 Å². The van der Waals surface area contributed by atoms with Crippen LogP contribution in [0.5, 0.6) is 0 Å². The van der Waals surface area contributed by atoms with E-state index in [1.54, 1.807) is 0 Å². The van der Waals surface area contributed by atoms with Gasteiger partial charge in [0.25, 0.3) is 0 Å². The van der Waals surface area contributed by atoms with Crippen molar-refractivity contribution in [2.45, 2.75) is 65.7 Å². The minimum Gasteiger partial charge on any atom is -0.330 e. The first kappa shape index (κ1) is 14.0. The van der Waals surface area contributed by atoms with Crippen LogP contribution in [0.4, 0.5) is 0 Å². The molecule has 0 heterocycles. The van der Waals surface area contributed by atoms with Gasteiger partial charge in [0, 0.05) is 0 Å². The van der Waals surface area contributed by atoms with Crippen LogP contribution in [0.2, 0.25) is 0 Å². The second-order valence-corrected chi connectivity index (χ2v) is 4.76. The number of rotatable bonds is 9. The van der Waals surface area contributed by atoms with Crippen molar-refractivity contribution in [3.63, 3.8) is 0 Å². The molecule has 0 aliphatic carbocycles. The zero-order chi connectivity index (χ0) is 10.8. The molecular weight excluding hydrogens is 170 g/mol. The van der Waals surface area contributed by atoms with E-state index < -0.39 is 0 Å². The fraction of sp³-hybridized carbons (Fsp3) is 1.00. The van der Waals surface area contributed by atoms with Crippen LogP contribution in [0.1, 0.15) is 65.7 Å². The number of unbranched alkanes of at least 4 members (excludes halogenated alkanes) is 4. The summed E-state index contributed by atoms with van der Waals surface area (Å²) in [5.41, 5.74) is 5.45. The van der Waals surface area contributed by atoms with Gasteiger partial charge in [-0.3, -0.25) is 0 Å². The molecule has 1 nitrogen and oxygen atoms in total. The minimum atomic E-state index is 0.865. The normalized spacial score (nSPS) is 13.5. The molecule has 0 rings (SSSR count). The highest BCUT2D eigenvalue weighted by Gasteiger charge is 2.09. The van der Waals surface area contributed by atoms with E-state index in [1.165, 1.54) is 44.9 Å². The Labute approximate surface area is 90.5 Å². The van der Waals surface area contributed by atoms with E-state index in [9.17, 15) is 0 Å². The van der Waals surface area contributed by atoms with Crippen molar-refractivity contribution in [1.29, 1.82) is 0 Å². The molecule has 0 radical (unpaired) electrons. The van der Waals surface area contributed by atoms with E-state index in [0.29, 0.717) is 0 Å². The smallest absolute Gasteiger partial charge is 0.00773 e. The Morgan fingerprint density at radius 1 is 0.929 bits per heavy atom. The summed E-state index contributed by atoms with van der Waals surface area (Å²) in [7, 11) is 0. The molecule has 1 heteroatoms. The second kappa shape index (κ2) is 9.51. The third-order valence-corrected chi connectivity index (χ3v) is 3.25. The Morgan fingerprint density at radius 3 is 2.00 bits per heavy atom. The summed E-state index contributed by atoms with van der Waals surface area (Å²) in [5.74, 6) is 1.81. The molecule has 1 atom stereocenters. The van der Waals surface area contributed by atoms with Crippen molar-refractivity contribution < 1.29 is 0 Å². The van der Waals surface area contributed by atoms with Crippen LogP contribution in [-0.2, 0) is 0 Å². The third kappa shape index (κ3) is 7.37. The van der Waals surface area contributed by atoms with E-state index in [4.69, 9.17) is 5.73 Å². The van der Waals surface area contributed by atoms with Crippen LogP contribution in [-0.4, -0.2) is 6.54 Å². The molecule has 0 fully saturated rings. The molecule has 0 saturated heterocycles. The quantitative estimate of drug-likeness (QED) is 0.559. The van der Waals surface area contributed by atoms with Crippen LogP contribution in [0.3, 0.4) is 0 Å². The van der Waals surface area contributed by atoms with Crippen molar-refractivity contribution in [3.8, 4) is 0 Å². The maximum Gasteiger partial charge on any atom is -0.00773 e. The van der Waals surface area contributed by atoms with Gasteiger partial charge in [-0.2, -0.15) is 0 Å². The molecule has 0 aromatic carbocycles. The summed E-state index contributed by atoms with van der Waals surface area (Å²) in [4.78, 5) is 0. The number of hydrogen-bond acceptors (Lipinski definition) is 1. The molecule has 0 spiro atoms. The monoisotopic (exact) mass is 199 g/mol. The van der Waals surface area contributed by atoms with Crippen LogP contribution in [0.25, 0.3) is 0 Å². The van der Waals surface area contributed by atoms with Gasteiger partial charge in [0.1, 0.15) is 0 Å². The zero-order valence-corrected chi connectivity index (χ0v) is 10.4. The zero-order valence-electron chi connectivity index (χ0n) is 10.4. The molecule has 0 saturated carbocycles. The van der Waals surface area contributed by atoms with Crippen LogP contribution in [0, 0.1) is 11.8 Å². The first-order valence-corrected chi connectivity index (χ1v) is 6.42. The van der Waals surface area contributed by atoms with Gasteiger partial charge in [-0.25, -0.2) is 0 Å². The fourth-order valence-corrected chi connectivity index (χ4v) is 2.09. The Bertz CT molecular complexity index is 110. The first-order chi connectivity index (χ1) is 6.72. The Hall–Kier alpha value is -0.0400. The molecule has 86 valence electrons. The third-order valence-electron chi connectivity index (χ3n) is 3.25. The minimum absolute atomic E-state index is 0.865. The highest BCUT2D eigenvalue weighted by Crippen LogP contribution is 2.21. The Kier molecular flexibility index (Phi) is 9.49. The van der Waals surface area contributed by atoms with Crippen molar-refractivity contribution >= 4 is 0 Å². The number of hydrogen-bond donors (Lipinski definition) is 1. The van der Waals surface area contributed by atoms with E-state index in [2.05, 4.69) is 20.8 Å². The van der Waals surface area contributed by atoms with Gasteiger partial charge in [0.05, 0.1) is 0 Å². The Morgan fingerprint density at radius 2 is 1.50 bits per heavy atom. The summed E-state index contributed by atoms with van der Waals surface area (Å²) in [5, 5.41) is 0. The van der Waals surface area contributed by atoms with Crippen molar-refractivity contribution in [1.82, 2.24) is 0 Å². The molecule has 1 unspecified atom stereocenters. The van der Waals surface area contributed by atoms with Gasteiger partial charge in [-0.05, 0) is 24.8 Å². The summed E-state index contributed by atoms with van der Waals surface area (Å²) in [6.45, 7) is 7.88. The van der Waals surface area contributed by atoms with E-state index in [-0.39, 0.29) is 0 Å². The van der Waals surface area contributed by atoms with Gasteiger partial charge in [-0.15, -0.1) is 0 Å². The lowest BCUT2D eigenvalue weighted by atomic mass is 9.88. The maximum absolute atomic E-state index is 5.45. The molecule has 2 N–H and O–H groups in total. The first-order valence-electron chi connectivity index (χ1n) is 6.42. The summed E-state index contributed by atoms with van der Waals surface area (Å²) < 4.78 is 0. The predicted octanol–water partition coefficient (Wildman–Crippen LogP) is 3.97. The van der Waals surface area contributed by atoms with Gasteiger partial charge in [0.15, 0.2) is 0 Å². The summed E-state index contributed by atoms with van der Waals surface area (Å²) in [6, 6.07) is 0. The van der Waals surface area contributed by atoms with Gasteiger partial charge >= 0.3 is 0 Å². The molecule has 0 aromatic rings. The van der Waals surface area contributed by atoms with E-state index in [1.807, 2.05) is 0 Å². The van der Waals surface area contributed by atoms with E-state index >= 15 is 0 Å². The van der Waals surface area contributed by atoms with Gasteiger partial charge in [-0.1, -0.05) is 59.3 Å². The summed E-state index contributed by atoms with van der Waals surface area (Å²) in [6.07, 6.45) is 9.52. The SMILES string of the molecule is CCC(CCCCCCCN)C(C)C. The second-order valence-electron chi connectivity index (χ2n) is 4.76. The van der Waals surface area contributed by atoms with E-state index in [0.717, 1.165) is 18.4 Å². The van der Waals surface area contributed by atoms with Gasteiger partial charge in [0.2, 0.25) is 0 Å². The number of nitrogens with two attached hydrogens (primary N) is 1. The largest absolute Gasteiger partial charge is 0.330 e. The lowest BCUT2D eigenvalue weighted by molar-refractivity contribution is 0.335. The maximum atomic E-state index is 5.45. The van der Waals surface area contributed by atoms with Gasteiger partial charge < -0.3 is 5.73 Å². The molecule has 0 aromatic heterocycles. The van der Waals surface area contributed by atoms with Crippen LogP contribution < -0.4 is 5.73 Å². The molecule has 0 amide bonds. The van der Waals surface area contributed by atoms with Crippen LogP contribution in [0.15, 0.2) is 0 Å². The average Bonchev–Trinajstić information content (AvgIpc) is 2.16. The lowest BCUT2D eigenvalue weighted by Crippen LogP contribution is -2.07. The molecule has 14 heavy (non-hydrogen) atoms. The average molecular weight is 199 g/mol. The highest BCUT2D eigenvalue weighted by molar-refractivity contribution is 4.61. The van der Waals surface area contributed by atoms with Crippen LogP contribution >= 0.6 is 0 Å². The van der Waals surface area contributed by atoms with Crippen molar-refractivity contribution in [2.75, 3.05) is 6.54 Å². The molecule has 0 aliphatic heterocycles. The predicted molar refractivity (Wildman–Crippen MR) is 65.4 cm³/mol. The highest BCUT2D eigenvalue weighted by atomic mass is 14.5.